The second kappa shape index (κ2) is 9.00. The van der Waals surface area contributed by atoms with Crippen LogP contribution in [0.2, 0.25) is 0 Å². The minimum Gasteiger partial charge on any atom is -0.339 e. The van der Waals surface area contributed by atoms with E-state index in [0.717, 1.165) is 56.7 Å². The van der Waals surface area contributed by atoms with Crippen molar-refractivity contribution in [3.63, 3.8) is 0 Å². The van der Waals surface area contributed by atoms with Crippen molar-refractivity contribution in [1.29, 1.82) is 0 Å². The summed E-state index contributed by atoms with van der Waals surface area (Å²) in [5, 5.41) is 1.12. The lowest BCUT2D eigenvalue weighted by molar-refractivity contribution is -0.135. The summed E-state index contributed by atoms with van der Waals surface area (Å²) < 4.78 is 0. The highest BCUT2D eigenvalue weighted by atomic mass is 32.1. The Kier molecular flexibility index (Phi) is 6.13. The summed E-state index contributed by atoms with van der Waals surface area (Å²) in [6.07, 6.45) is 5.02. The van der Waals surface area contributed by atoms with Gasteiger partial charge in [-0.25, -0.2) is 4.98 Å². The maximum atomic E-state index is 12.9. The van der Waals surface area contributed by atoms with Gasteiger partial charge in [-0.1, -0.05) is 38.5 Å². The number of benzene rings is 1. The van der Waals surface area contributed by atoms with Gasteiger partial charge in [-0.2, -0.15) is 0 Å². The van der Waals surface area contributed by atoms with Crippen LogP contribution >= 0.6 is 11.3 Å². The van der Waals surface area contributed by atoms with E-state index in [9.17, 15) is 4.79 Å². The number of amides is 1. The second-order valence-corrected chi connectivity index (χ2v) is 10.7. The minimum atomic E-state index is 0.297. The van der Waals surface area contributed by atoms with Crippen molar-refractivity contribution in [2.75, 3.05) is 39.3 Å². The van der Waals surface area contributed by atoms with Crippen LogP contribution in [0.4, 0.5) is 0 Å². The Morgan fingerprint density at radius 1 is 1.16 bits per heavy atom. The fourth-order valence-electron chi connectivity index (χ4n) is 4.92. The first-order chi connectivity index (χ1) is 15.1. The van der Waals surface area contributed by atoms with Crippen molar-refractivity contribution >= 4 is 17.2 Å². The van der Waals surface area contributed by atoms with Gasteiger partial charge in [0.15, 0.2) is 0 Å². The highest BCUT2D eigenvalue weighted by molar-refractivity contribution is 7.15. The number of aromatic nitrogens is 1. The molecule has 0 atom stereocenters. The van der Waals surface area contributed by atoms with Crippen molar-refractivity contribution in [3.8, 4) is 10.6 Å². The van der Waals surface area contributed by atoms with Gasteiger partial charge in [-0.3, -0.25) is 14.6 Å². The van der Waals surface area contributed by atoms with Crippen LogP contribution in [0.25, 0.3) is 10.6 Å². The van der Waals surface area contributed by atoms with Crippen molar-refractivity contribution in [2.24, 2.45) is 0 Å². The van der Waals surface area contributed by atoms with Gasteiger partial charge in [0.05, 0.1) is 12.2 Å². The van der Waals surface area contributed by atoms with E-state index in [1.807, 2.05) is 0 Å². The molecule has 0 N–H and O–H groups in total. The molecule has 0 bridgehead atoms. The first-order valence-electron chi connectivity index (χ1n) is 11.9. The van der Waals surface area contributed by atoms with Crippen molar-refractivity contribution < 1.29 is 4.79 Å². The maximum Gasteiger partial charge on any atom is 0.236 e. The van der Waals surface area contributed by atoms with E-state index in [4.69, 9.17) is 4.98 Å². The van der Waals surface area contributed by atoms with Gasteiger partial charge < -0.3 is 4.90 Å². The molecule has 166 valence electrons. The van der Waals surface area contributed by atoms with Crippen molar-refractivity contribution in [2.45, 2.75) is 58.0 Å². The third-order valence-electron chi connectivity index (χ3n) is 7.23. The van der Waals surface area contributed by atoms with Gasteiger partial charge in [-0.15, -0.1) is 11.3 Å². The van der Waals surface area contributed by atoms with E-state index in [2.05, 4.69) is 52.8 Å². The Labute approximate surface area is 190 Å². The zero-order valence-corrected chi connectivity index (χ0v) is 19.7. The molecule has 0 spiro atoms. The zero-order chi connectivity index (χ0) is 21.4. The van der Waals surface area contributed by atoms with E-state index >= 15 is 0 Å². The van der Waals surface area contributed by atoms with E-state index in [0.29, 0.717) is 18.4 Å². The Morgan fingerprint density at radius 3 is 2.68 bits per heavy atom. The SMILES string of the molecule is CC(C)c1cccc(-c2nc3c(s2)CN(CC(=O)N2CCN(C4CCC4)CC2)CC3)c1. The summed E-state index contributed by atoms with van der Waals surface area (Å²) in [7, 11) is 0. The van der Waals surface area contributed by atoms with Crippen LogP contribution < -0.4 is 0 Å². The average Bonchev–Trinajstić information content (AvgIpc) is 3.16. The monoisotopic (exact) mass is 438 g/mol. The summed E-state index contributed by atoms with van der Waals surface area (Å²) >= 11 is 1.80. The number of fused-ring (bicyclic) bond motifs is 1. The predicted octanol–water partition coefficient (Wildman–Crippen LogP) is 3.99. The molecule has 5 rings (SSSR count). The molecule has 2 fully saturated rings. The standard InChI is InChI=1S/C25H34N4OS/c1-18(2)19-5-3-6-20(15-19)25-26-22-9-10-27(16-23(22)31-25)17-24(30)29-13-11-28(12-14-29)21-7-4-8-21/h3,5-6,15,18,21H,4,7-14,16-17H2,1-2H3. The Balaban J connectivity index is 1.18. The lowest BCUT2D eigenvalue weighted by atomic mass is 9.91. The number of nitrogens with zero attached hydrogens (tertiary/aromatic N) is 4. The first-order valence-corrected chi connectivity index (χ1v) is 12.7. The van der Waals surface area contributed by atoms with Gasteiger partial charge >= 0.3 is 0 Å². The summed E-state index contributed by atoms with van der Waals surface area (Å²) in [6, 6.07) is 9.57. The molecule has 3 heterocycles. The minimum absolute atomic E-state index is 0.297. The molecule has 1 aromatic carbocycles. The van der Waals surface area contributed by atoms with E-state index < -0.39 is 0 Å². The third-order valence-corrected chi connectivity index (χ3v) is 8.36. The first kappa shape index (κ1) is 21.1. The van der Waals surface area contributed by atoms with Crippen LogP contribution in [0.15, 0.2) is 24.3 Å². The third kappa shape index (κ3) is 4.57. The van der Waals surface area contributed by atoms with Crippen molar-refractivity contribution in [3.05, 3.63) is 40.4 Å². The molecule has 1 aliphatic carbocycles. The smallest absolute Gasteiger partial charge is 0.236 e. The number of carbonyl (C=O) groups excluding carboxylic acids is 1. The van der Waals surface area contributed by atoms with Gasteiger partial charge in [0.2, 0.25) is 5.91 Å². The van der Waals surface area contributed by atoms with Crippen LogP contribution in [0.1, 0.15) is 55.2 Å². The van der Waals surface area contributed by atoms with Gasteiger partial charge in [0.25, 0.3) is 0 Å². The Morgan fingerprint density at radius 2 is 1.97 bits per heavy atom. The van der Waals surface area contributed by atoms with E-state index in [1.54, 1.807) is 11.3 Å². The molecule has 0 radical (unpaired) electrons. The molecular weight excluding hydrogens is 404 g/mol. The lowest BCUT2D eigenvalue weighted by Gasteiger charge is -2.43. The number of rotatable bonds is 5. The second-order valence-electron chi connectivity index (χ2n) is 9.63. The van der Waals surface area contributed by atoms with Gasteiger partial charge in [0.1, 0.15) is 5.01 Å². The largest absolute Gasteiger partial charge is 0.339 e. The Hall–Kier alpha value is -1.76. The summed E-state index contributed by atoms with van der Waals surface area (Å²) in [6.45, 7) is 10.7. The number of thiazole rings is 1. The lowest BCUT2D eigenvalue weighted by Crippen LogP contribution is -2.55. The van der Waals surface area contributed by atoms with Crippen LogP contribution in [0, 0.1) is 0 Å². The fourth-order valence-corrected chi connectivity index (χ4v) is 6.06. The predicted molar refractivity (Wildman–Crippen MR) is 126 cm³/mol. The van der Waals surface area contributed by atoms with Crippen molar-refractivity contribution in [1.82, 2.24) is 19.7 Å². The molecule has 0 unspecified atom stereocenters. The molecule has 2 aromatic rings. The maximum absolute atomic E-state index is 12.9. The van der Waals surface area contributed by atoms with Gasteiger partial charge in [-0.05, 0) is 30.4 Å². The molecular formula is C25H34N4OS. The molecule has 31 heavy (non-hydrogen) atoms. The molecule has 2 aliphatic heterocycles. The Bertz CT molecular complexity index is 927. The van der Waals surface area contributed by atoms with Crippen LogP contribution in [0.5, 0.6) is 0 Å². The average molecular weight is 439 g/mol. The number of hydrogen-bond acceptors (Lipinski definition) is 5. The zero-order valence-electron chi connectivity index (χ0n) is 18.8. The number of carbonyl (C=O) groups is 1. The van der Waals surface area contributed by atoms with Crippen LogP contribution in [-0.2, 0) is 17.8 Å². The highest BCUT2D eigenvalue weighted by Crippen LogP contribution is 2.33. The molecule has 1 amide bonds. The summed E-state index contributed by atoms with van der Waals surface area (Å²) in [4.78, 5) is 26.2. The highest BCUT2D eigenvalue weighted by Gasteiger charge is 2.30. The molecule has 6 heteroatoms. The van der Waals surface area contributed by atoms with E-state index in [-0.39, 0.29) is 0 Å². The molecule has 1 saturated carbocycles. The summed E-state index contributed by atoms with van der Waals surface area (Å²) in [5.41, 5.74) is 3.81. The topological polar surface area (TPSA) is 39.7 Å². The number of hydrogen-bond donors (Lipinski definition) is 0. The molecule has 3 aliphatic rings. The normalized spacial score (nSPS) is 20.7. The summed E-state index contributed by atoms with van der Waals surface area (Å²) in [5.74, 6) is 0.817. The molecule has 5 nitrogen and oxygen atoms in total. The molecule has 1 saturated heterocycles. The van der Waals surface area contributed by atoms with E-state index in [1.165, 1.54) is 41.0 Å². The quantitative estimate of drug-likeness (QED) is 0.708. The number of piperazine rings is 1. The van der Waals surface area contributed by atoms with Crippen LogP contribution in [-0.4, -0.2) is 70.9 Å². The van der Waals surface area contributed by atoms with Crippen LogP contribution in [0.3, 0.4) is 0 Å². The molecule has 1 aromatic heterocycles. The van der Waals surface area contributed by atoms with Gasteiger partial charge in [0, 0.05) is 62.2 Å². The fraction of sp³-hybridized carbons (Fsp3) is 0.600.